The molecule has 0 aromatic carbocycles. The summed E-state index contributed by atoms with van der Waals surface area (Å²) in [5, 5.41) is 13.8. The average molecular weight is 231 g/mol. The molecule has 2 atom stereocenters. The van der Waals surface area contributed by atoms with Gasteiger partial charge in [0.25, 0.3) is 0 Å². The quantitative estimate of drug-likeness (QED) is 0.432. The molecule has 0 aliphatic carbocycles. The highest BCUT2D eigenvalue weighted by molar-refractivity contribution is 5.82. The molecule has 2 amide bonds. The molecule has 5 N–H and O–H groups in total. The summed E-state index contributed by atoms with van der Waals surface area (Å²) in [5.41, 5.74) is 5.59. The smallest absolute Gasteiger partial charge is 0.236 e. The predicted octanol–water partition coefficient (Wildman–Crippen LogP) is -1.42. The number of carbonyl (C=O) groups is 2. The van der Waals surface area contributed by atoms with E-state index in [4.69, 9.17) is 10.8 Å². The average Bonchev–Trinajstić information content (AvgIpc) is 2.31. The second kappa shape index (κ2) is 8.06. The zero-order chi connectivity index (χ0) is 12.6. The number of carbonyl (C=O) groups excluding carboxylic acids is 2. The van der Waals surface area contributed by atoms with Gasteiger partial charge in [-0.15, -0.1) is 0 Å². The number of aliphatic hydroxyl groups is 1. The molecule has 94 valence electrons. The molecule has 0 heterocycles. The van der Waals surface area contributed by atoms with E-state index in [0.717, 1.165) is 0 Å². The third-order valence-corrected chi connectivity index (χ3v) is 2.23. The molecule has 0 aromatic rings. The van der Waals surface area contributed by atoms with Crippen molar-refractivity contribution in [1.29, 1.82) is 0 Å². The molecule has 0 spiro atoms. The highest BCUT2D eigenvalue weighted by atomic mass is 16.3. The van der Waals surface area contributed by atoms with E-state index in [9.17, 15) is 9.59 Å². The van der Waals surface area contributed by atoms with Gasteiger partial charge in [-0.05, 0) is 12.3 Å². The Morgan fingerprint density at radius 2 is 2.06 bits per heavy atom. The molecule has 0 aliphatic rings. The van der Waals surface area contributed by atoms with E-state index in [1.165, 1.54) is 7.05 Å². The Morgan fingerprint density at radius 3 is 2.56 bits per heavy atom. The first-order chi connectivity index (χ1) is 7.51. The van der Waals surface area contributed by atoms with Crippen LogP contribution in [0.15, 0.2) is 0 Å². The highest BCUT2D eigenvalue weighted by Gasteiger charge is 2.14. The zero-order valence-corrected chi connectivity index (χ0v) is 9.82. The molecule has 0 bridgehead atoms. The Bertz CT molecular complexity index is 233. The molecule has 0 rings (SSSR count). The summed E-state index contributed by atoms with van der Waals surface area (Å²) in [4.78, 5) is 22.3. The number of hydrogen-bond acceptors (Lipinski definition) is 4. The van der Waals surface area contributed by atoms with Crippen LogP contribution in [-0.4, -0.2) is 43.2 Å². The third kappa shape index (κ3) is 6.36. The standard InChI is InChI=1S/C10H21N3O3/c1-7(6-14)5-13-10(16)8(11)3-4-9(15)12-2/h7-8,14H,3-6,11H2,1-2H3,(H,12,15)(H,13,16). The van der Waals surface area contributed by atoms with Crippen LogP contribution in [0.25, 0.3) is 0 Å². The van der Waals surface area contributed by atoms with Crippen LogP contribution in [0.3, 0.4) is 0 Å². The van der Waals surface area contributed by atoms with Crippen molar-refractivity contribution in [3.63, 3.8) is 0 Å². The second-order valence-corrected chi connectivity index (χ2v) is 3.85. The van der Waals surface area contributed by atoms with Crippen LogP contribution in [0, 0.1) is 5.92 Å². The van der Waals surface area contributed by atoms with Crippen molar-refractivity contribution in [2.24, 2.45) is 11.7 Å². The Kier molecular flexibility index (Phi) is 7.49. The fraction of sp³-hybridized carbons (Fsp3) is 0.800. The topological polar surface area (TPSA) is 104 Å². The Balaban J connectivity index is 3.77. The first-order valence-electron chi connectivity index (χ1n) is 5.36. The summed E-state index contributed by atoms with van der Waals surface area (Å²) in [6.45, 7) is 2.23. The van der Waals surface area contributed by atoms with Crippen LogP contribution in [0.2, 0.25) is 0 Å². The number of hydrogen-bond donors (Lipinski definition) is 4. The third-order valence-electron chi connectivity index (χ3n) is 2.23. The van der Waals surface area contributed by atoms with Gasteiger partial charge in [0.1, 0.15) is 0 Å². The maximum atomic E-state index is 11.4. The summed E-state index contributed by atoms with van der Waals surface area (Å²) >= 11 is 0. The molecular weight excluding hydrogens is 210 g/mol. The van der Waals surface area contributed by atoms with Gasteiger partial charge in [0.2, 0.25) is 11.8 Å². The van der Waals surface area contributed by atoms with Crippen LogP contribution in [0.4, 0.5) is 0 Å². The maximum Gasteiger partial charge on any atom is 0.236 e. The van der Waals surface area contributed by atoms with E-state index < -0.39 is 6.04 Å². The zero-order valence-electron chi connectivity index (χ0n) is 9.82. The van der Waals surface area contributed by atoms with Crippen LogP contribution in [-0.2, 0) is 9.59 Å². The van der Waals surface area contributed by atoms with Gasteiger partial charge in [0, 0.05) is 26.6 Å². The van der Waals surface area contributed by atoms with Gasteiger partial charge in [-0.1, -0.05) is 6.92 Å². The van der Waals surface area contributed by atoms with E-state index >= 15 is 0 Å². The molecule has 0 aromatic heterocycles. The van der Waals surface area contributed by atoms with Crippen molar-refractivity contribution in [3.05, 3.63) is 0 Å². The lowest BCUT2D eigenvalue weighted by atomic mass is 10.1. The Hall–Kier alpha value is -1.14. The Labute approximate surface area is 95.6 Å². The van der Waals surface area contributed by atoms with Crippen LogP contribution in [0.5, 0.6) is 0 Å². The fourth-order valence-corrected chi connectivity index (χ4v) is 1.01. The van der Waals surface area contributed by atoms with Crippen LogP contribution >= 0.6 is 0 Å². The van der Waals surface area contributed by atoms with E-state index in [1.54, 1.807) is 0 Å². The monoisotopic (exact) mass is 231 g/mol. The van der Waals surface area contributed by atoms with Gasteiger partial charge < -0.3 is 21.5 Å². The molecular formula is C10H21N3O3. The number of aliphatic hydroxyl groups excluding tert-OH is 1. The number of nitrogens with two attached hydrogens (primary N) is 1. The first kappa shape index (κ1) is 14.9. The molecule has 0 radical (unpaired) electrons. The number of rotatable bonds is 7. The van der Waals surface area contributed by atoms with E-state index in [2.05, 4.69) is 10.6 Å². The van der Waals surface area contributed by atoms with Crippen molar-refractivity contribution in [2.75, 3.05) is 20.2 Å². The van der Waals surface area contributed by atoms with Crippen molar-refractivity contribution < 1.29 is 14.7 Å². The molecule has 0 saturated carbocycles. The highest BCUT2D eigenvalue weighted by Crippen LogP contribution is 1.96. The molecule has 0 fully saturated rings. The summed E-state index contributed by atoms with van der Waals surface area (Å²) < 4.78 is 0. The van der Waals surface area contributed by atoms with Gasteiger partial charge >= 0.3 is 0 Å². The molecule has 0 aliphatic heterocycles. The normalized spacial score (nSPS) is 14.0. The number of amides is 2. The minimum absolute atomic E-state index is 0.00934. The van der Waals surface area contributed by atoms with E-state index in [-0.39, 0.29) is 30.8 Å². The van der Waals surface area contributed by atoms with E-state index in [0.29, 0.717) is 13.0 Å². The second-order valence-electron chi connectivity index (χ2n) is 3.85. The largest absolute Gasteiger partial charge is 0.396 e. The van der Waals surface area contributed by atoms with Crippen LogP contribution in [0.1, 0.15) is 19.8 Å². The molecule has 2 unspecified atom stereocenters. The summed E-state index contributed by atoms with van der Waals surface area (Å²) in [6.07, 6.45) is 0.555. The molecule has 16 heavy (non-hydrogen) atoms. The van der Waals surface area contributed by atoms with Gasteiger partial charge in [-0.25, -0.2) is 0 Å². The SMILES string of the molecule is CNC(=O)CCC(N)C(=O)NCC(C)CO. The van der Waals surface area contributed by atoms with Crippen molar-refractivity contribution >= 4 is 11.8 Å². The van der Waals surface area contributed by atoms with Crippen molar-refractivity contribution in [3.8, 4) is 0 Å². The molecule has 0 saturated heterocycles. The maximum absolute atomic E-state index is 11.4. The lowest BCUT2D eigenvalue weighted by Crippen LogP contribution is -2.43. The predicted molar refractivity (Wildman–Crippen MR) is 60.5 cm³/mol. The molecule has 6 nitrogen and oxygen atoms in total. The van der Waals surface area contributed by atoms with Gasteiger partial charge in [-0.3, -0.25) is 9.59 Å². The first-order valence-corrected chi connectivity index (χ1v) is 5.36. The van der Waals surface area contributed by atoms with Crippen molar-refractivity contribution in [2.45, 2.75) is 25.8 Å². The minimum atomic E-state index is -0.678. The lowest BCUT2D eigenvalue weighted by molar-refractivity contribution is -0.123. The summed E-state index contributed by atoms with van der Waals surface area (Å²) in [6, 6.07) is -0.678. The van der Waals surface area contributed by atoms with Gasteiger partial charge in [0.15, 0.2) is 0 Å². The van der Waals surface area contributed by atoms with Gasteiger partial charge in [-0.2, -0.15) is 0 Å². The Morgan fingerprint density at radius 1 is 1.44 bits per heavy atom. The minimum Gasteiger partial charge on any atom is -0.396 e. The summed E-state index contributed by atoms with van der Waals surface area (Å²) in [7, 11) is 1.54. The van der Waals surface area contributed by atoms with Crippen LogP contribution < -0.4 is 16.4 Å². The summed E-state index contributed by atoms with van der Waals surface area (Å²) in [5.74, 6) is -0.411. The van der Waals surface area contributed by atoms with Crippen molar-refractivity contribution in [1.82, 2.24) is 10.6 Å². The lowest BCUT2D eigenvalue weighted by Gasteiger charge is -2.14. The fourth-order valence-electron chi connectivity index (χ4n) is 1.01. The van der Waals surface area contributed by atoms with Gasteiger partial charge in [0.05, 0.1) is 6.04 Å². The van der Waals surface area contributed by atoms with E-state index in [1.807, 2.05) is 6.92 Å². The molecule has 6 heteroatoms. The number of nitrogens with one attached hydrogen (secondary N) is 2.